The first-order valence-corrected chi connectivity index (χ1v) is 1.19. The van der Waals surface area contributed by atoms with E-state index in [0.717, 1.165) is 0 Å². The van der Waals surface area contributed by atoms with Gasteiger partial charge in [-0.15, -0.1) is 0 Å². The maximum Gasteiger partial charge on any atom is 1.00 e. The van der Waals surface area contributed by atoms with Crippen LogP contribution < -0.4 is 40.8 Å². The summed E-state index contributed by atoms with van der Waals surface area (Å²) in [6.45, 7) is 0. The Morgan fingerprint density at radius 2 is 2.43 bits per heavy atom. The molecule has 0 radical (unpaired) electrons. The van der Waals surface area contributed by atoms with Crippen LogP contribution in [0.15, 0.2) is 5.11 Å². The van der Waals surface area contributed by atoms with Crippen molar-refractivity contribution in [1.82, 2.24) is 5.43 Å². The van der Waals surface area contributed by atoms with E-state index in [1.165, 1.54) is 0 Å². The molecule has 0 bridgehead atoms. The van der Waals surface area contributed by atoms with Crippen molar-refractivity contribution in [2.24, 2.45) is 11.0 Å². The number of urea groups is 1. The van der Waals surface area contributed by atoms with Crippen molar-refractivity contribution < 1.29 is 35.8 Å². The molecule has 0 aliphatic rings. The average Bonchev–Trinajstić information content (AvgIpc) is 1.65. The molecule has 4 N–H and O–H groups in total. The molecule has 7 heavy (non-hydrogen) atoms. The van der Waals surface area contributed by atoms with E-state index in [-0.39, 0.29) is 31.0 Å². The third-order valence-electron chi connectivity index (χ3n) is 0.225. The van der Waals surface area contributed by atoms with Gasteiger partial charge < -0.3 is 1.43 Å². The fraction of sp³-hybridized carbons (Fsp3) is 0. The summed E-state index contributed by atoms with van der Waals surface area (Å²) >= 11 is 0. The van der Waals surface area contributed by atoms with Crippen LogP contribution in [-0.4, -0.2) is 6.03 Å². The van der Waals surface area contributed by atoms with Gasteiger partial charge in [0, 0.05) is 0 Å². The van der Waals surface area contributed by atoms with Gasteiger partial charge in [-0.3, -0.25) is 5.43 Å². The number of rotatable bonds is 0. The zero-order valence-corrected chi connectivity index (χ0v) is 5.93. The van der Waals surface area contributed by atoms with E-state index in [2.05, 4.69) is 11.0 Å². The predicted octanol–water partition coefficient (Wildman–Crippen LogP) is -3.28. The van der Waals surface area contributed by atoms with Crippen LogP contribution in [0.1, 0.15) is 1.43 Å². The van der Waals surface area contributed by atoms with Crippen LogP contribution in [0.2, 0.25) is 0 Å². The summed E-state index contributed by atoms with van der Waals surface area (Å²) in [5, 5.41) is 2.38. The Labute approximate surface area is 63.9 Å². The quantitative estimate of drug-likeness (QED) is 0.101. The van der Waals surface area contributed by atoms with E-state index in [4.69, 9.17) is 5.53 Å². The first kappa shape index (κ1) is 10.1. The minimum Gasteiger partial charge on any atom is -1.00 e. The maximum absolute atomic E-state index is 9.59. The molecule has 6 heteroatoms. The Balaban J connectivity index is -0.000000125. The molecule has 0 aromatic carbocycles. The molecule has 0 saturated carbocycles. The van der Waals surface area contributed by atoms with Gasteiger partial charge in [0.25, 0.3) is 0 Å². The zero-order valence-electron chi connectivity index (χ0n) is 4.93. The molecule has 0 fully saturated rings. The van der Waals surface area contributed by atoms with Crippen LogP contribution in [0, 0.1) is 5.53 Å². The SMILES string of the molecule is N=NC(=O)NN.[H-].[Na+]. The van der Waals surface area contributed by atoms with E-state index in [1.54, 1.807) is 5.43 Å². The van der Waals surface area contributed by atoms with Crippen LogP contribution >= 0.6 is 0 Å². The molecule has 5 nitrogen and oxygen atoms in total. The Morgan fingerprint density at radius 1 is 2.00 bits per heavy atom. The Morgan fingerprint density at radius 3 is 2.43 bits per heavy atom. The second kappa shape index (κ2) is 6.03. The molecule has 0 unspecified atom stereocenters. The van der Waals surface area contributed by atoms with Crippen molar-refractivity contribution >= 4 is 6.03 Å². The molecule has 0 saturated heterocycles. The summed E-state index contributed by atoms with van der Waals surface area (Å²) in [6.07, 6.45) is 0. The minimum atomic E-state index is -0.838. The Bertz CT molecular complexity index is 76.4. The van der Waals surface area contributed by atoms with Crippen molar-refractivity contribution in [2.75, 3.05) is 0 Å². The van der Waals surface area contributed by atoms with Crippen LogP contribution in [0.4, 0.5) is 4.79 Å². The number of amides is 2. The number of hydrogen-bond acceptors (Lipinski definition) is 3. The fourth-order valence-electron chi connectivity index (χ4n) is 0.0323. The topological polar surface area (TPSA) is 91.3 Å². The van der Waals surface area contributed by atoms with Crippen LogP contribution in [0.25, 0.3) is 0 Å². The van der Waals surface area contributed by atoms with Gasteiger partial charge in [-0.05, 0) is 0 Å². The van der Waals surface area contributed by atoms with Gasteiger partial charge in [-0.25, -0.2) is 10.6 Å². The van der Waals surface area contributed by atoms with Crippen LogP contribution in [0.5, 0.6) is 0 Å². The summed E-state index contributed by atoms with van der Waals surface area (Å²) in [4.78, 5) is 9.59. The molecule has 0 rings (SSSR count). The first-order chi connectivity index (χ1) is 2.81. The summed E-state index contributed by atoms with van der Waals surface area (Å²) < 4.78 is 0. The molecule has 36 valence electrons. The van der Waals surface area contributed by atoms with Gasteiger partial charge >= 0.3 is 35.6 Å². The van der Waals surface area contributed by atoms with E-state index in [0.29, 0.717) is 0 Å². The molecule has 0 aromatic rings. The molecule has 0 aromatic heterocycles. The summed E-state index contributed by atoms with van der Waals surface area (Å²) in [6, 6.07) is -0.838. The largest absolute Gasteiger partial charge is 1.00 e. The number of hydrogen-bond donors (Lipinski definition) is 3. The molecular weight excluding hydrogens is 107 g/mol. The molecule has 2 amide bonds. The number of nitrogens with one attached hydrogen (secondary N) is 2. The molecule has 0 spiro atoms. The van der Waals surface area contributed by atoms with Gasteiger partial charge in [0.15, 0.2) is 0 Å². The second-order valence-corrected chi connectivity index (χ2v) is 0.561. The second-order valence-electron chi connectivity index (χ2n) is 0.561. The fourth-order valence-corrected chi connectivity index (χ4v) is 0.0323. The molecule has 0 heterocycles. The molecule has 0 aliphatic carbocycles. The number of nitrogens with two attached hydrogens (primary N) is 1. The van der Waals surface area contributed by atoms with Crippen molar-refractivity contribution in [3.05, 3.63) is 0 Å². The van der Waals surface area contributed by atoms with E-state index < -0.39 is 6.03 Å². The Hall–Kier alpha value is 0.0300. The first-order valence-electron chi connectivity index (χ1n) is 1.19. The molecule has 0 atom stereocenters. The van der Waals surface area contributed by atoms with E-state index in [9.17, 15) is 4.79 Å². The molecular formula is CH5N4NaO. The number of carbonyl (C=O) groups is 1. The average molecular weight is 112 g/mol. The minimum absolute atomic E-state index is 0. The Kier molecular flexibility index (Phi) is 8.70. The maximum atomic E-state index is 9.59. The van der Waals surface area contributed by atoms with Gasteiger partial charge in [0.1, 0.15) is 0 Å². The van der Waals surface area contributed by atoms with Crippen LogP contribution in [-0.2, 0) is 0 Å². The third kappa shape index (κ3) is 6.03. The van der Waals surface area contributed by atoms with Crippen molar-refractivity contribution in [3.63, 3.8) is 0 Å². The smallest absolute Gasteiger partial charge is 1.00 e. The van der Waals surface area contributed by atoms with Crippen LogP contribution in [0.3, 0.4) is 0 Å². The van der Waals surface area contributed by atoms with Crippen molar-refractivity contribution in [1.29, 1.82) is 5.53 Å². The van der Waals surface area contributed by atoms with E-state index >= 15 is 0 Å². The predicted molar refractivity (Wildman–Crippen MR) is 19.0 cm³/mol. The number of carbonyl (C=O) groups excluding carboxylic acids is 1. The zero-order chi connectivity index (χ0) is 4.99. The van der Waals surface area contributed by atoms with E-state index in [1.807, 2.05) is 0 Å². The van der Waals surface area contributed by atoms with Crippen molar-refractivity contribution in [3.8, 4) is 0 Å². The monoisotopic (exact) mass is 112 g/mol. The summed E-state index contributed by atoms with van der Waals surface area (Å²) in [5.41, 5.74) is 7.56. The van der Waals surface area contributed by atoms with Gasteiger partial charge in [-0.1, -0.05) is 5.11 Å². The number of hydrazine groups is 1. The van der Waals surface area contributed by atoms with Gasteiger partial charge in [0.05, 0.1) is 0 Å². The molecule has 0 aliphatic heterocycles. The van der Waals surface area contributed by atoms with Gasteiger partial charge in [0.2, 0.25) is 0 Å². The summed E-state index contributed by atoms with van der Waals surface area (Å²) in [7, 11) is 0. The van der Waals surface area contributed by atoms with Gasteiger partial charge in [-0.2, -0.15) is 5.53 Å². The standard InChI is InChI=1S/CH4N4O.Na.H/c2-4-1(6)5-3;;/h2H,3H2,(H,5,6);;/q;+1;-1. The third-order valence-corrected chi connectivity index (χ3v) is 0.225. The van der Waals surface area contributed by atoms with Crippen molar-refractivity contribution in [2.45, 2.75) is 0 Å². The summed E-state index contributed by atoms with van der Waals surface area (Å²) in [5.74, 6) is 4.47. The normalized spacial score (nSPS) is 5.86. The number of nitrogens with zero attached hydrogens (tertiary/aromatic N) is 1.